The largest absolute Gasteiger partial charge is 0.396 e. The van der Waals surface area contributed by atoms with Gasteiger partial charge in [0.25, 0.3) is 0 Å². The highest BCUT2D eigenvalue weighted by Gasteiger charge is 2.56. The molecule has 0 aromatic heterocycles. The van der Waals surface area contributed by atoms with Crippen LogP contribution in [-0.4, -0.2) is 17.6 Å². The van der Waals surface area contributed by atoms with E-state index in [0.717, 1.165) is 25.7 Å². The van der Waals surface area contributed by atoms with Crippen LogP contribution in [0.2, 0.25) is 0 Å². The molecule has 1 amide bonds. The molecule has 0 heterocycles. The molecule has 0 aromatic rings. The van der Waals surface area contributed by atoms with E-state index in [1.165, 1.54) is 12.0 Å². The number of nitrogens with two attached hydrogens (primary N) is 1. The minimum Gasteiger partial charge on any atom is -0.396 e. The molecule has 0 spiro atoms. The zero-order valence-corrected chi connectivity index (χ0v) is 11.1. The molecule has 18 heavy (non-hydrogen) atoms. The van der Waals surface area contributed by atoms with E-state index in [1.54, 1.807) is 6.92 Å². The third-order valence-electron chi connectivity index (χ3n) is 5.08. The first-order valence-electron chi connectivity index (χ1n) is 6.76. The number of aliphatic hydroxyl groups excluding tert-OH is 1. The number of aliphatic hydroxyl groups is 1. The maximum absolute atomic E-state index is 10.9. The van der Waals surface area contributed by atoms with Gasteiger partial charge in [-0.15, -0.1) is 0 Å². The Hall–Kier alpha value is -1.09. The molecule has 0 unspecified atom stereocenters. The van der Waals surface area contributed by atoms with Crippen LogP contribution in [0.5, 0.6) is 0 Å². The first-order chi connectivity index (χ1) is 8.51. The fraction of sp³-hybridized carbons (Fsp3) is 0.667. The van der Waals surface area contributed by atoms with Crippen molar-refractivity contribution in [3.63, 3.8) is 0 Å². The van der Waals surface area contributed by atoms with Crippen LogP contribution in [0.4, 0.5) is 0 Å². The average molecular weight is 249 g/mol. The van der Waals surface area contributed by atoms with Crippen molar-refractivity contribution < 1.29 is 9.90 Å². The van der Waals surface area contributed by atoms with Gasteiger partial charge in [0.15, 0.2) is 0 Å². The molecule has 3 saturated carbocycles. The molecule has 3 rings (SSSR count). The van der Waals surface area contributed by atoms with Crippen LogP contribution in [0.1, 0.15) is 39.0 Å². The number of carbonyl (C=O) groups is 1. The smallest absolute Gasteiger partial charge is 0.244 e. The summed E-state index contributed by atoms with van der Waals surface area (Å²) in [6.07, 6.45) is 7.12. The van der Waals surface area contributed by atoms with Gasteiger partial charge in [0.1, 0.15) is 0 Å². The van der Waals surface area contributed by atoms with E-state index in [0.29, 0.717) is 17.4 Å². The second-order valence-corrected chi connectivity index (χ2v) is 5.86. The van der Waals surface area contributed by atoms with Crippen LogP contribution in [0.25, 0.3) is 0 Å². The van der Waals surface area contributed by atoms with Gasteiger partial charge in [-0.2, -0.15) is 0 Å². The molecule has 0 radical (unpaired) electrons. The lowest BCUT2D eigenvalue weighted by atomic mass is 9.45. The van der Waals surface area contributed by atoms with Gasteiger partial charge in [0.2, 0.25) is 5.91 Å². The monoisotopic (exact) mass is 249 g/mol. The standard InChI is InChI=1S/C15H23NO2/c1-10-5-6-12-8-13(10)15(12,9-17)7-3-4-11(2)14(16)18/h4,12-13,17H,1,3,5-9H2,2H3,(H2,16,18)/b11-4+/t12-,13-,15-/m0/s1. The predicted molar refractivity (Wildman–Crippen MR) is 71.7 cm³/mol. The van der Waals surface area contributed by atoms with Crippen molar-refractivity contribution in [1.82, 2.24) is 0 Å². The van der Waals surface area contributed by atoms with Gasteiger partial charge in [0.05, 0.1) is 0 Å². The molecule has 100 valence electrons. The molecule has 3 atom stereocenters. The second-order valence-electron chi connectivity index (χ2n) is 5.86. The van der Waals surface area contributed by atoms with Gasteiger partial charge >= 0.3 is 0 Å². The van der Waals surface area contributed by atoms with Gasteiger partial charge < -0.3 is 10.8 Å². The van der Waals surface area contributed by atoms with Crippen LogP contribution in [0.15, 0.2) is 23.8 Å². The summed E-state index contributed by atoms with van der Waals surface area (Å²) in [5.41, 5.74) is 7.16. The molecule has 3 fully saturated rings. The number of amides is 1. The van der Waals surface area contributed by atoms with E-state index in [2.05, 4.69) is 6.58 Å². The molecule has 3 aliphatic rings. The maximum atomic E-state index is 10.9. The summed E-state index contributed by atoms with van der Waals surface area (Å²) in [6.45, 7) is 6.13. The van der Waals surface area contributed by atoms with Crippen molar-refractivity contribution in [3.05, 3.63) is 23.8 Å². The van der Waals surface area contributed by atoms with Gasteiger partial charge in [-0.25, -0.2) is 0 Å². The van der Waals surface area contributed by atoms with Gasteiger partial charge in [0, 0.05) is 17.6 Å². The minimum absolute atomic E-state index is 0.0315. The van der Waals surface area contributed by atoms with Gasteiger partial charge in [-0.05, 0) is 50.9 Å². The fourth-order valence-corrected chi connectivity index (χ4v) is 3.75. The zero-order valence-electron chi connectivity index (χ0n) is 11.1. The summed E-state index contributed by atoms with van der Waals surface area (Å²) < 4.78 is 0. The Labute approximate surface area is 109 Å². The highest BCUT2D eigenvalue weighted by Crippen LogP contribution is 2.63. The van der Waals surface area contributed by atoms with E-state index in [1.807, 2.05) is 6.08 Å². The molecular weight excluding hydrogens is 226 g/mol. The summed E-state index contributed by atoms with van der Waals surface area (Å²) in [7, 11) is 0. The van der Waals surface area contributed by atoms with E-state index in [-0.39, 0.29) is 17.9 Å². The Morgan fingerprint density at radius 2 is 2.39 bits per heavy atom. The van der Waals surface area contributed by atoms with E-state index >= 15 is 0 Å². The first-order valence-corrected chi connectivity index (χ1v) is 6.76. The quantitative estimate of drug-likeness (QED) is 0.579. The van der Waals surface area contributed by atoms with Crippen LogP contribution in [0, 0.1) is 17.3 Å². The SMILES string of the molecule is C=C1CC[C@H]2C[C@@H]1[C@]2(CO)CC/C=C(\C)C(N)=O. The molecule has 3 N–H and O–H groups in total. The average Bonchev–Trinajstić information content (AvgIpc) is 2.33. The molecule has 0 aliphatic heterocycles. The van der Waals surface area contributed by atoms with Gasteiger partial charge in [-0.1, -0.05) is 18.2 Å². The number of allylic oxidation sites excluding steroid dienone is 2. The van der Waals surface area contributed by atoms with Crippen LogP contribution in [0.3, 0.4) is 0 Å². The number of rotatable bonds is 5. The number of hydrogen-bond donors (Lipinski definition) is 2. The number of carbonyl (C=O) groups excluding carboxylic acids is 1. The van der Waals surface area contributed by atoms with Crippen molar-refractivity contribution in [2.45, 2.75) is 39.0 Å². The highest BCUT2D eigenvalue weighted by atomic mass is 16.3. The van der Waals surface area contributed by atoms with Crippen molar-refractivity contribution in [1.29, 1.82) is 0 Å². The van der Waals surface area contributed by atoms with E-state index < -0.39 is 0 Å². The lowest BCUT2D eigenvalue weighted by Gasteiger charge is -2.60. The molecular formula is C15H23NO2. The lowest BCUT2D eigenvalue weighted by molar-refractivity contribution is -0.114. The molecule has 0 aromatic carbocycles. The Balaban J connectivity index is 2.00. The minimum atomic E-state index is -0.355. The third-order valence-corrected chi connectivity index (χ3v) is 5.08. The van der Waals surface area contributed by atoms with Crippen LogP contribution < -0.4 is 5.73 Å². The summed E-state index contributed by atoms with van der Waals surface area (Å²) >= 11 is 0. The Bertz CT molecular complexity index is 397. The zero-order chi connectivity index (χ0) is 13.3. The second kappa shape index (κ2) is 4.88. The van der Waals surface area contributed by atoms with E-state index in [4.69, 9.17) is 5.73 Å². The molecule has 3 aliphatic carbocycles. The first kappa shape index (κ1) is 13.3. The summed E-state index contributed by atoms with van der Waals surface area (Å²) in [5, 5.41) is 9.78. The normalized spacial score (nSPS) is 35.2. The third kappa shape index (κ3) is 2.01. The lowest BCUT2D eigenvalue weighted by Crippen LogP contribution is -2.55. The Morgan fingerprint density at radius 1 is 1.67 bits per heavy atom. The Kier molecular flexibility index (Phi) is 3.62. The van der Waals surface area contributed by atoms with Gasteiger partial charge in [-0.3, -0.25) is 4.79 Å². The molecule has 3 nitrogen and oxygen atoms in total. The summed E-state index contributed by atoms with van der Waals surface area (Å²) in [5.74, 6) is 0.773. The Morgan fingerprint density at radius 3 is 2.89 bits per heavy atom. The van der Waals surface area contributed by atoms with Crippen molar-refractivity contribution in [3.8, 4) is 0 Å². The van der Waals surface area contributed by atoms with Crippen molar-refractivity contribution in [2.75, 3.05) is 6.61 Å². The summed E-state index contributed by atoms with van der Waals surface area (Å²) in [6, 6.07) is 0. The fourth-order valence-electron chi connectivity index (χ4n) is 3.75. The predicted octanol–water partition coefficient (Wildman–Crippen LogP) is 2.16. The number of hydrogen-bond acceptors (Lipinski definition) is 2. The number of primary amides is 1. The molecule has 3 heteroatoms. The van der Waals surface area contributed by atoms with Crippen LogP contribution >= 0.6 is 0 Å². The van der Waals surface area contributed by atoms with Crippen molar-refractivity contribution in [2.24, 2.45) is 23.0 Å². The van der Waals surface area contributed by atoms with Crippen LogP contribution in [-0.2, 0) is 4.79 Å². The highest BCUT2D eigenvalue weighted by molar-refractivity contribution is 5.91. The summed E-state index contributed by atoms with van der Waals surface area (Å²) in [4.78, 5) is 10.9. The van der Waals surface area contributed by atoms with Crippen molar-refractivity contribution >= 4 is 5.91 Å². The van der Waals surface area contributed by atoms with E-state index in [9.17, 15) is 9.90 Å². The topological polar surface area (TPSA) is 63.3 Å². The molecule has 2 bridgehead atoms. The number of fused-ring (bicyclic) bond motifs is 2. The maximum Gasteiger partial charge on any atom is 0.244 e. The molecule has 0 saturated heterocycles.